The van der Waals surface area contributed by atoms with Gasteiger partial charge in [0.15, 0.2) is 5.82 Å². The molecule has 0 fully saturated rings. The Bertz CT molecular complexity index is 341. The second kappa shape index (κ2) is 4.57. The maximum absolute atomic E-state index is 12.1. The monoisotopic (exact) mass is 209 g/mol. The summed E-state index contributed by atoms with van der Waals surface area (Å²) in [7, 11) is 1.78. The highest BCUT2D eigenvalue weighted by Crippen LogP contribution is 2.11. The largest absolute Gasteiger partial charge is 0.328 e. The van der Waals surface area contributed by atoms with E-state index in [2.05, 4.69) is 17.2 Å². The van der Waals surface area contributed by atoms with Gasteiger partial charge in [-0.05, 0) is 27.3 Å². The van der Waals surface area contributed by atoms with Crippen molar-refractivity contribution in [2.24, 2.45) is 0 Å². The minimum Gasteiger partial charge on any atom is -0.328 e. The molecule has 1 heterocycles. The lowest BCUT2D eigenvalue weighted by Gasteiger charge is -2.22. The van der Waals surface area contributed by atoms with Crippen LogP contribution in [0.2, 0.25) is 0 Å². The summed E-state index contributed by atoms with van der Waals surface area (Å²) in [5.41, 5.74) is -0.559. The minimum atomic E-state index is -0.559. The number of likely N-dealkylation sites (N-methyl/N-ethyl adjacent to an activating group) is 1. The molecule has 0 spiro atoms. The normalized spacial score (nSPS) is 11.7. The molecular weight excluding hydrogens is 190 g/mol. The Morgan fingerprint density at radius 3 is 2.80 bits per heavy atom. The zero-order valence-electron chi connectivity index (χ0n) is 9.87. The molecule has 15 heavy (non-hydrogen) atoms. The van der Waals surface area contributed by atoms with Gasteiger partial charge in [-0.25, -0.2) is 4.98 Å². The molecule has 0 aromatic carbocycles. The van der Waals surface area contributed by atoms with E-state index < -0.39 is 5.54 Å². The SMILES string of the molecule is CCCn1ccnc1C(=O)C(C)(C)NC. The van der Waals surface area contributed by atoms with E-state index in [1.54, 1.807) is 13.2 Å². The molecule has 0 unspecified atom stereocenters. The van der Waals surface area contributed by atoms with E-state index in [0.717, 1.165) is 13.0 Å². The number of carbonyl (C=O) groups excluding carboxylic acids is 1. The van der Waals surface area contributed by atoms with E-state index in [-0.39, 0.29) is 5.78 Å². The van der Waals surface area contributed by atoms with E-state index in [0.29, 0.717) is 5.82 Å². The van der Waals surface area contributed by atoms with E-state index in [1.165, 1.54) is 0 Å². The second-order valence-corrected chi connectivity index (χ2v) is 4.15. The summed E-state index contributed by atoms with van der Waals surface area (Å²) in [6.07, 6.45) is 4.52. The third-order valence-corrected chi connectivity index (χ3v) is 2.58. The number of imidazole rings is 1. The van der Waals surface area contributed by atoms with Crippen molar-refractivity contribution >= 4 is 5.78 Å². The average molecular weight is 209 g/mol. The molecule has 0 amide bonds. The van der Waals surface area contributed by atoms with Crippen LogP contribution in [0.5, 0.6) is 0 Å². The van der Waals surface area contributed by atoms with Crippen LogP contribution in [-0.2, 0) is 6.54 Å². The van der Waals surface area contributed by atoms with Crippen LogP contribution in [0.4, 0.5) is 0 Å². The van der Waals surface area contributed by atoms with E-state index in [1.807, 2.05) is 24.6 Å². The van der Waals surface area contributed by atoms with Gasteiger partial charge in [-0.3, -0.25) is 4.79 Å². The van der Waals surface area contributed by atoms with Crippen molar-refractivity contribution in [2.75, 3.05) is 7.05 Å². The number of carbonyl (C=O) groups is 1. The molecular formula is C11H19N3O. The Labute approximate surface area is 90.7 Å². The van der Waals surface area contributed by atoms with Crippen molar-refractivity contribution in [3.8, 4) is 0 Å². The molecule has 1 aromatic rings. The van der Waals surface area contributed by atoms with Gasteiger partial charge in [0.2, 0.25) is 5.78 Å². The predicted octanol–water partition coefficient (Wildman–Crippen LogP) is 1.47. The fourth-order valence-electron chi connectivity index (χ4n) is 1.33. The molecule has 4 nitrogen and oxygen atoms in total. The molecule has 0 aliphatic carbocycles. The highest BCUT2D eigenvalue weighted by molar-refractivity contribution is 5.99. The van der Waals surface area contributed by atoms with Gasteiger partial charge in [-0.2, -0.15) is 0 Å². The van der Waals surface area contributed by atoms with Crippen LogP contribution in [0, 0.1) is 0 Å². The molecule has 1 rings (SSSR count). The van der Waals surface area contributed by atoms with Crippen LogP contribution >= 0.6 is 0 Å². The third kappa shape index (κ3) is 2.45. The van der Waals surface area contributed by atoms with Crippen molar-refractivity contribution in [2.45, 2.75) is 39.3 Å². The van der Waals surface area contributed by atoms with Gasteiger partial charge < -0.3 is 9.88 Å². The Kier molecular flexibility index (Phi) is 3.63. The van der Waals surface area contributed by atoms with Crippen LogP contribution in [-0.4, -0.2) is 27.9 Å². The molecule has 0 aliphatic heterocycles. The van der Waals surface area contributed by atoms with Crippen molar-refractivity contribution in [3.05, 3.63) is 18.2 Å². The molecule has 1 N–H and O–H groups in total. The number of aromatic nitrogens is 2. The maximum atomic E-state index is 12.1. The summed E-state index contributed by atoms with van der Waals surface area (Å²) in [5.74, 6) is 0.569. The Morgan fingerprint density at radius 2 is 2.27 bits per heavy atom. The average Bonchev–Trinajstić information content (AvgIpc) is 2.65. The molecule has 0 aliphatic rings. The Hall–Kier alpha value is -1.16. The third-order valence-electron chi connectivity index (χ3n) is 2.58. The van der Waals surface area contributed by atoms with E-state index >= 15 is 0 Å². The van der Waals surface area contributed by atoms with Crippen LogP contribution in [0.1, 0.15) is 37.8 Å². The fraction of sp³-hybridized carbons (Fsp3) is 0.636. The first-order valence-corrected chi connectivity index (χ1v) is 5.27. The lowest BCUT2D eigenvalue weighted by atomic mass is 9.99. The predicted molar refractivity (Wildman–Crippen MR) is 60.0 cm³/mol. The lowest BCUT2D eigenvalue weighted by Crippen LogP contribution is -2.45. The molecule has 4 heteroatoms. The van der Waals surface area contributed by atoms with Crippen molar-refractivity contribution in [1.29, 1.82) is 0 Å². The zero-order valence-corrected chi connectivity index (χ0v) is 9.87. The van der Waals surface area contributed by atoms with Gasteiger partial charge >= 0.3 is 0 Å². The van der Waals surface area contributed by atoms with Crippen molar-refractivity contribution in [3.63, 3.8) is 0 Å². The van der Waals surface area contributed by atoms with E-state index in [4.69, 9.17) is 0 Å². The molecule has 0 atom stereocenters. The smallest absolute Gasteiger partial charge is 0.217 e. The van der Waals surface area contributed by atoms with Crippen LogP contribution < -0.4 is 5.32 Å². The first-order chi connectivity index (χ1) is 7.03. The standard InChI is InChI=1S/C11H19N3O/c1-5-7-14-8-6-13-10(14)9(15)11(2,3)12-4/h6,8,12H,5,7H2,1-4H3. The Balaban J connectivity index is 2.96. The Morgan fingerprint density at radius 1 is 1.60 bits per heavy atom. The number of ketones is 1. The highest BCUT2D eigenvalue weighted by atomic mass is 16.1. The molecule has 1 aromatic heterocycles. The van der Waals surface area contributed by atoms with Crippen molar-refractivity contribution in [1.82, 2.24) is 14.9 Å². The van der Waals surface area contributed by atoms with Gasteiger partial charge in [0, 0.05) is 18.9 Å². The molecule has 84 valence electrons. The van der Waals surface area contributed by atoms with Gasteiger partial charge in [-0.1, -0.05) is 6.92 Å². The first-order valence-electron chi connectivity index (χ1n) is 5.27. The molecule has 0 saturated heterocycles. The zero-order chi connectivity index (χ0) is 11.5. The van der Waals surface area contributed by atoms with Crippen LogP contribution in [0.3, 0.4) is 0 Å². The fourth-order valence-corrected chi connectivity index (χ4v) is 1.33. The number of nitrogens with zero attached hydrogens (tertiary/aromatic N) is 2. The van der Waals surface area contributed by atoms with Gasteiger partial charge in [0.25, 0.3) is 0 Å². The number of Topliss-reactive ketones (excluding diaryl/α,β-unsaturated/α-hetero) is 1. The summed E-state index contributed by atoms with van der Waals surface area (Å²) < 4.78 is 1.90. The number of hydrogen-bond acceptors (Lipinski definition) is 3. The second-order valence-electron chi connectivity index (χ2n) is 4.15. The topological polar surface area (TPSA) is 46.9 Å². The van der Waals surface area contributed by atoms with E-state index in [9.17, 15) is 4.79 Å². The summed E-state index contributed by atoms with van der Waals surface area (Å²) in [5, 5.41) is 3.00. The van der Waals surface area contributed by atoms with Crippen LogP contribution in [0.15, 0.2) is 12.4 Å². The summed E-state index contributed by atoms with van der Waals surface area (Å²) >= 11 is 0. The summed E-state index contributed by atoms with van der Waals surface area (Å²) in [4.78, 5) is 16.2. The minimum absolute atomic E-state index is 0.0310. The van der Waals surface area contributed by atoms with Crippen molar-refractivity contribution < 1.29 is 4.79 Å². The number of aryl methyl sites for hydroxylation is 1. The molecule has 0 bridgehead atoms. The number of nitrogens with one attached hydrogen (secondary N) is 1. The first kappa shape index (κ1) is 11.9. The molecule has 0 saturated carbocycles. The lowest BCUT2D eigenvalue weighted by molar-refractivity contribution is 0.0874. The molecule has 0 radical (unpaired) electrons. The summed E-state index contributed by atoms with van der Waals surface area (Å²) in [6, 6.07) is 0. The maximum Gasteiger partial charge on any atom is 0.217 e. The van der Waals surface area contributed by atoms with Gasteiger partial charge in [0.1, 0.15) is 0 Å². The summed E-state index contributed by atoms with van der Waals surface area (Å²) in [6.45, 7) is 6.64. The highest BCUT2D eigenvalue weighted by Gasteiger charge is 2.29. The van der Waals surface area contributed by atoms with Gasteiger partial charge in [-0.15, -0.1) is 0 Å². The van der Waals surface area contributed by atoms with Crippen LogP contribution in [0.25, 0.3) is 0 Å². The number of rotatable bonds is 5. The quantitative estimate of drug-likeness (QED) is 0.747. The number of hydrogen-bond donors (Lipinski definition) is 1. The van der Waals surface area contributed by atoms with Gasteiger partial charge in [0.05, 0.1) is 5.54 Å².